The van der Waals surface area contributed by atoms with Gasteiger partial charge in [-0.25, -0.2) is 0 Å². The predicted molar refractivity (Wildman–Crippen MR) is 85.4 cm³/mol. The van der Waals surface area contributed by atoms with Crippen molar-refractivity contribution >= 4 is 11.8 Å². The van der Waals surface area contributed by atoms with E-state index in [9.17, 15) is 9.59 Å². The van der Waals surface area contributed by atoms with Crippen LogP contribution in [0.1, 0.15) is 61.4 Å². The van der Waals surface area contributed by atoms with Gasteiger partial charge < -0.3 is 10.2 Å². The van der Waals surface area contributed by atoms with Gasteiger partial charge in [0.05, 0.1) is 0 Å². The molecule has 0 saturated heterocycles. The fraction of sp³-hybridized carbons (Fsp3) is 0.556. The van der Waals surface area contributed by atoms with E-state index in [0.717, 1.165) is 36.8 Å². The molecule has 2 aliphatic carbocycles. The molecule has 2 fully saturated rings. The van der Waals surface area contributed by atoms with Crippen LogP contribution in [-0.4, -0.2) is 28.8 Å². The molecule has 0 atom stereocenters. The molecule has 2 aliphatic rings. The lowest BCUT2D eigenvalue weighted by Gasteiger charge is -2.29. The molecule has 22 heavy (non-hydrogen) atoms. The van der Waals surface area contributed by atoms with Crippen molar-refractivity contribution < 1.29 is 9.59 Å². The van der Waals surface area contributed by atoms with Gasteiger partial charge in [-0.2, -0.15) is 0 Å². The highest BCUT2D eigenvalue weighted by molar-refractivity contribution is 5.95. The third kappa shape index (κ3) is 3.49. The standard InChI is InChI=1S/C18H24N2O2/c1-13(21)19-12-14-6-8-15(9-7-14)18(22)20(17-10-11-17)16-4-2-3-5-16/h6-9,16-17H,2-5,10-12H2,1H3,(H,19,21). The summed E-state index contributed by atoms with van der Waals surface area (Å²) in [6.07, 6.45) is 7.12. The molecular formula is C18H24N2O2. The van der Waals surface area contributed by atoms with Crippen molar-refractivity contribution in [1.82, 2.24) is 10.2 Å². The number of amides is 2. The van der Waals surface area contributed by atoms with Gasteiger partial charge in [0, 0.05) is 31.1 Å². The molecule has 1 aromatic rings. The Kier molecular flexibility index (Phi) is 4.46. The second-order valence-corrected chi connectivity index (χ2v) is 6.49. The van der Waals surface area contributed by atoms with E-state index in [1.807, 2.05) is 24.3 Å². The van der Waals surface area contributed by atoms with Crippen LogP contribution in [0.4, 0.5) is 0 Å². The molecule has 118 valence electrons. The summed E-state index contributed by atoms with van der Waals surface area (Å²) >= 11 is 0. The molecule has 4 heteroatoms. The Bertz CT molecular complexity index is 543. The molecule has 0 aliphatic heterocycles. The third-order valence-electron chi connectivity index (χ3n) is 4.64. The first-order valence-electron chi connectivity index (χ1n) is 8.31. The number of nitrogens with zero attached hydrogens (tertiary/aromatic N) is 1. The van der Waals surface area contributed by atoms with E-state index in [1.165, 1.54) is 19.8 Å². The Labute approximate surface area is 131 Å². The third-order valence-corrected chi connectivity index (χ3v) is 4.64. The Morgan fingerprint density at radius 3 is 2.18 bits per heavy atom. The van der Waals surface area contributed by atoms with E-state index in [0.29, 0.717) is 18.6 Å². The van der Waals surface area contributed by atoms with Crippen molar-refractivity contribution in [3.8, 4) is 0 Å². The maximum Gasteiger partial charge on any atom is 0.254 e. The molecule has 2 saturated carbocycles. The number of nitrogens with one attached hydrogen (secondary N) is 1. The lowest BCUT2D eigenvalue weighted by atomic mass is 10.1. The molecule has 0 spiro atoms. The van der Waals surface area contributed by atoms with Crippen LogP contribution in [0.15, 0.2) is 24.3 Å². The summed E-state index contributed by atoms with van der Waals surface area (Å²) in [5.41, 5.74) is 1.79. The molecule has 0 radical (unpaired) electrons. The molecule has 1 N–H and O–H groups in total. The van der Waals surface area contributed by atoms with Gasteiger partial charge in [0.1, 0.15) is 0 Å². The highest BCUT2D eigenvalue weighted by Gasteiger charge is 2.38. The van der Waals surface area contributed by atoms with Crippen LogP contribution in [-0.2, 0) is 11.3 Å². The van der Waals surface area contributed by atoms with Crippen LogP contribution in [0.3, 0.4) is 0 Å². The normalized spacial score (nSPS) is 18.2. The summed E-state index contributed by atoms with van der Waals surface area (Å²) in [6.45, 7) is 2.02. The average Bonchev–Trinajstić information content (AvgIpc) is 3.20. The van der Waals surface area contributed by atoms with E-state index in [1.54, 1.807) is 0 Å². The van der Waals surface area contributed by atoms with Crippen LogP contribution in [0, 0.1) is 0 Å². The Balaban J connectivity index is 1.68. The second-order valence-electron chi connectivity index (χ2n) is 6.49. The van der Waals surface area contributed by atoms with Crippen LogP contribution >= 0.6 is 0 Å². The Morgan fingerprint density at radius 1 is 1.05 bits per heavy atom. The molecule has 0 unspecified atom stereocenters. The van der Waals surface area contributed by atoms with Crippen LogP contribution < -0.4 is 5.32 Å². The molecule has 2 amide bonds. The van der Waals surface area contributed by atoms with Crippen molar-refractivity contribution in [2.45, 2.75) is 64.1 Å². The fourth-order valence-electron chi connectivity index (χ4n) is 3.31. The van der Waals surface area contributed by atoms with Gasteiger partial charge >= 0.3 is 0 Å². The smallest absolute Gasteiger partial charge is 0.254 e. The fourth-order valence-corrected chi connectivity index (χ4v) is 3.31. The van der Waals surface area contributed by atoms with Crippen LogP contribution in [0.2, 0.25) is 0 Å². The van der Waals surface area contributed by atoms with E-state index < -0.39 is 0 Å². The van der Waals surface area contributed by atoms with Gasteiger partial charge in [-0.3, -0.25) is 9.59 Å². The maximum atomic E-state index is 12.8. The minimum Gasteiger partial charge on any atom is -0.352 e. The van der Waals surface area contributed by atoms with Crippen LogP contribution in [0.25, 0.3) is 0 Å². The molecule has 0 aromatic heterocycles. The summed E-state index contributed by atoms with van der Waals surface area (Å²) in [6, 6.07) is 8.56. The molecular weight excluding hydrogens is 276 g/mol. The summed E-state index contributed by atoms with van der Waals surface area (Å²) in [7, 11) is 0. The largest absolute Gasteiger partial charge is 0.352 e. The highest BCUT2D eigenvalue weighted by Crippen LogP contribution is 2.35. The predicted octanol–water partition coefficient (Wildman–Crippen LogP) is 2.87. The van der Waals surface area contributed by atoms with E-state index in [-0.39, 0.29) is 11.8 Å². The van der Waals surface area contributed by atoms with E-state index in [2.05, 4.69) is 10.2 Å². The van der Waals surface area contributed by atoms with E-state index >= 15 is 0 Å². The Hall–Kier alpha value is -1.84. The number of carbonyl (C=O) groups excluding carboxylic acids is 2. The zero-order chi connectivity index (χ0) is 15.5. The van der Waals surface area contributed by atoms with Crippen molar-refractivity contribution in [2.75, 3.05) is 0 Å². The maximum absolute atomic E-state index is 12.8. The minimum absolute atomic E-state index is 0.0405. The first-order valence-corrected chi connectivity index (χ1v) is 8.31. The zero-order valence-electron chi connectivity index (χ0n) is 13.2. The van der Waals surface area contributed by atoms with Gasteiger partial charge in [-0.1, -0.05) is 25.0 Å². The van der Waals surface area contributed by atoms with Crippen molar-refractivity contribution in [3.05, 3.63) is 35.4 Å². The number of rotatable bonds is 5. The van der Waals surface area contributed by atoms with Crippen LogP contribution in [0.5, 0.6) is 0 Å². The summed E-state index contributed by atoms with van der Waals surface area (Å²) in [5.74, 6) is 0.141. The average molecular weight is 300 g/mol. The summed E-state index contributed by atoms with van der Waals surface area (Å²) in [4.78, 5) is 25.9. The highest BCUT2D eigenvalue weighted by atomic mass is 16.2. The van der Waals surface area contributed by atoms with Crippen molar-refractivity contribution in [2.24, 2.45) is 0 Å². The minimum atomic E-state index is -0.0405. The quantitative estimate of drug-likeness (QED) is 0.909. The lowest BCUT2D eigenvalue weighted by Crippen LogP contribution is -2.40. The summed E-state index contributed by atoms with van der Waals surface area (Å²) < 4.78 is 0. The lowest BCUT2D eigenvalue weighted by molar-refractivity contribution is -0.119. The van der Waals surface area contributed by atoms with E-state index in [4.69, 9.17) is 0 Å². The van der Waals surface area contributed by atoms with Crippen molar-refractivity contribution in [3.63, 3.8) is 0 Å². The van der Waals surface area contributed by atoms with Gasteiger partial charge in [0.25, 0.3) is 5.91 Å². The SMILES string of the molecule is CC(=O)NCc1ccc(C(=O)N(C2CCCC2)C2CC2)cc1. The molecule has 1 aromatic carbocycles. The first kappa shape index (κ1) is 15.1. The summed E-state index contributed by atoms with van der Waals surface area (Å²) in [5, 5.41) is 2.77. The Morgan fingerprint density at radius 2 is 1.64 bits per heavy atom. The molecule has 0 heterocycles. The monoisotopic (exact) mass is 300 g/mol. The van der Waals surface area contributed by atoms with Gasteiger partial charge in [0.2, 0.25) is 5.91 Å². The number of carbonyl (C=O) groups is 2. The van der Waals surface area contributed by atoms with Gasteiger partial charge in [0.15, 0.2) is 0 Å². The van der Waals surface area contributed by atoms with Gasteiger partial charge in [-0.05, 0) is 43.4 Å². The second kappa shape index (κ2) is 6.51. The topological polar surface area (TPSA) is 49.4 Å². The number of hydrogen-bond acceptors (Lipinski definition) is 2. The number of benzene rings is 1. The number of hydrogen-bond donors (Lipinski definition) is 1. The van der Waals surface area contributed by atoms with Gasteiger partial charge in [-0.15, -0.1) is 0 Å². The molecule has 4 nitrogen and oxygen atoms in total. The zero-order valence-corrected chi connectivity index (χ0v) is 13.2. The molecule has 0 bridgehead atoms. The van der Waals surface area contributed by atoms with Crippen molar-refractivity contribution in [1.29, 1.82) is 0 Å². The molecule has 3 rings (SSSR count). The first-order chi connectivity index (χ1) is 10.6.